The van der Waals surface area contributed by atoms with Crippen LogP contribution in [0.2, 0.25) is 0 Å². The van der Waals surface area contributed by atoms with Gasteiger partial charge in [0.15, 0.2) is 5.16 Å². The maximum atomic E-state index is 12.6. The van der Waals surface area contributed by atoms with E-state index in [1.807, 2.05) is 0 Å². The van der Waals surface area contributed by atoms with Gasteiger partial charge in [-0.05, 0) is 25.1 Å². The van der Waals surface area contributed by atoms with Gasteiger partial charge in [0.05, 0.1) is 18.8 Å². The molecule has 2 rings (SSSR count). The Morgan fingerprint density at radius 2 is 2.00 bits per heavy atom. The van der Waals surface area contributed by atoms with Crippen molar-refractivity contribution < 1.29 is 22.6 Å². The van der Waals surface area contributed by atoms with Gasteiger partial charge in [-0.3, -0.25) is 4.79 Å². The van der Waals surface area contributed by atoms with Crippen LogP contribution in [0.25, 0.3) is 0 Å². The van der Waals surface area contributed by atoms with Crippen molar-refractivity contribution in [1.29, 1.82) is 0 Å². The van der Waals surface area contributed by atoms with Gasteiger partial charge in [0.25, 0.3) is 5.56 Å². The number of hydrogen-bond donors (Lipinski definition) is 1. The summed E-state index contributed by atoms with van der Waals surface area (Å²) >= 11 is 1.35. The smallest absolute Gasteiger partial charge is 0.416 e. The number of alkyl halides is 3. The summed E-state index contributed by atoms with van der Waals surface area (Å²) in [7, 11) is 0. The normalized spacial score (nSPS) is 11.5. The molecule has 0 bridgehead atoms. The summed E-state index contributed by atoms with van der Waals surface area (Å²) in [5, 5.41) is 0.522. The third kappa shape index (κ3) is 6.79. The van der Waals surface area contributed by atoms with Crippen LogP contribution in [0.5, 0.6) is 5.75 Å². The number of halogens is 3. The van der Waals surface area contributed by atoms with Crippen LogP contribution in [0.1, 0.15) is 11.3 Å². The fraction of sp³-hybridized carbons (Fsp3) is 0.375. The van der Waals surface area contributed by atoms with E-state index < -0.39 is 11.7 Å². The number of ether oxygens (including phenoxy) is 2. The van der Waals surface area contributed by atoms with Crippen LogP contribution >= 0.6 is 11.8 Å². The van der Waals surface area contributed by atoms with Crippen molar-refractivity contribution in [3.63, 3.8) is 0 Å². The second-order valence-corrected chi connectivity index (χ2v) is 6.11. The Hall–Kier alpha value is -2.00. The van der Waals surface area contributed by atoms with Crippen molar-refractivity contribution in [1.82, 2.24) is 9.97 Å². The lowest BCUT2D eigenvalue weighted by atomic mass is 10.2. The third-order valence-corrected chi connectivity index (χ3v) is 3.81. The first kappa shape index (κ1) is 19.3. The fourth-order valence-corrected chi connectivity index (χ4v) is 2.68. The van der Waals surface area contributed by atoms with Gasteiger partial charge in [-0.1, -0.05) is 17.8 Å². The predicted octanol–water partition coefficient (Wildman–Crippen LogP) is 3.28. The second kappa shape index (κ2) is 8.91. The molecule has 5 nitrogen and oxygen atoms in total. The Morgan fingerprint density at radius 3 is 2.72 bits per heavy atom. The number of benzene rings is 1. The average Bonchev–Trinajstić information content (AvgIpc) is 2.52. The zero-order valence-corrected chi connectivity index (χ0v) is 14.2. The van der Waals surface area contributed by atoms with Gasteiger partial charge in [-0.2, -0.15) is 13.2 Å². The first-order chi connectivity index (χ1) is 11.8. The van der Waals surface area contributed by atoms with Crippen molar-refractivity contribution in [2.24, 2.45) is 0 Å². The summed E-state index contributed by atoms with van der Waals surface area (Å²) in [4.78, 5) is 18.1. The quantitative estimate of drug-likeness (QED) is 0.436. The highest BCUT2D eigenvalue weighted by Crippen LogP contribution is 2.31. The van der Waals surface area contributed by atoms with Gasteiger partial charge in [0.2, 0.25) is 0 Å². The first-order valence-electron chi connectivity index (χ1n) is 7.43. The van der Waals surface area contributed by atoms with Gasteiger partial charge in [0.1, 0.15) is 12.4 Å². The van der Waals surface area contributed by atoms with E-state index in [1.54, 1.807) is 6.92 Å². The summed E-state index contributed by atoms with van der Waals surface area (Å²) in [6.07, 6.45) is -4.39. The third-order valence-electron chi connectivity index (χ3n) is 2.97. The molecule has 0 saturated heterocycles. The Kier molecular flexibility index (Phi) is 6.89. The SMILES string of the molecule is Cc1cc(=O)[nH]c(SCCOCCOc2cccc(C(F)(F)F)c2)n1. The monoisotopic (exact) mass is 374 g/mol. The van der Waals surface area contributed by atoms with Crippen molar-refractivity contribution in [2.75, 3.05) is 25.6 Å². The molecule has 1 N–H and O–H groups in total. The largest absolute Gasteiger partial charge is 0.491 e. The summed E-state index contributed by atoms with van der Waals surface area (Å²) < 4.78 is 48.3. The van der Waals surface area contributed by atoms with E-state index >= 15 is 0 Å². The number of aryl methyl sites for hydroxylation is 1. The minimum absolute atomic E-state index is 0.144. The van der Waals surface area contributed by atoms with Gasteiger partial charge in [0, 0.05) is 17.5 Å². The van der Waals surface area contributed by atoms with Crippen LogP contribution in [0, 0.1) is 6.92 Å². The Morgan fingerprint density at radius 1 is 1.20 bits per heavy atom. The lowest BCUT2D eigenvalue weighted by Crippen LogP contribution is -2.11. The molecule has 0 amide bonds. The molecule has 0 aliphatic carbocycles. The average molecular weight is 374 g/mol. The molecular formula is C16H17F3N2O3S. The number of aromatic nitrogens is 2. The van der Waals surface area contributed by atoms with E-state index in [0.717, 1.165) is 12.1 Å². The molecule has 1 aromatic heterocycles. The van der Waals surface area contributed by atoms with Crippen molar-refractivity contribution >= 4 is 11.8 Å². The molecule has 1 heterocycles. The first-order valence-corrected chi connectivity index (χ1v) is 8.42. The number of hydrogen-bond acceptors (Lipinski definition) is 5. The Bertz CT molecular complexity index is 750. The van der Waals surface area contributed by atoms with E-state index in [0.29, 0.717) is 23.2 Å². The van der Waals surface area contributed by atoms with E-state index in [4.69, 9.17) is 9.47 Å². The Balaban J connectivity index is 1.64. The summed E-state index contributed by atoms with van der Waals surface area (Å²) in [5.41, 5.74) is -0.311. The molecule has 2 aromatic rings. The summed E-state index contributed by atoms with van der Waals surface area (Å²) in [5.74, 6) is 0.727. The zero-order chi connectivity index (χ0) is 18.3. The van der Waals surface area contributed by atoms with Gasteiger partial charge >= 0.3 is 6.18 Å². The molecule has 9 heteroatoms. The van der Waals surface area contributed by atoms with Crippen LogP contribution in [-0.2, 0) is 10.9 Å². The molecule has 0 spiro atoms. The molecular weight excluding hydrogens is 357 g/mol. The molecule has 0 fully saturated rings. The van der Waals surface area contributed by atoms with E-state index in [9.17, 15) is 18.0 Å². The highest BCUT2D eigenvalue weighted by Gasteiger charge is 2.30. The van der Waals surface area contributed by atoms with Crippen LogP contribution in [0.15, 0.2) is 40.3 Å². The van der Waals surface area contributed by atoms with Crippen molar-refractivity contribution in [2.45, 2.75) is 18.3 Å². The molecule has 0 aliphatic rings. The molecule has 0 atom stereocenters. The summed E-state index contributed by atoms with van der Waals surface area (Å²) in [6, 6.07) is 6.11. The Labute approximate surface area is 146 Å². The molecule has 25 heavy (non-hydrogen) atoms. The molecule has 0 unspecified atom stereocenters. The van der Waals surface area contributed by atoms with Crippen molar-refractivity contribution in [3.05, 3.63) is 51.9 Å². The molecule has 1 aromatic carbocycles. The zero-order valence-electron chi connectivity index (χ0n) is 13.4. The topological polar surface area (TPSA) is 64.2 Å². The van der Waals surface area contributed by atoms with Crippen LogP contribution in [0.4, 0.5) is 13.2 Å². The van der Waals surface area contributed by atoms with E-state index in [2.05, 4.69) is 9.97 Å². The van der Waals surface area contributed by atoms with E-state index in [1.165, 1.54) is 30.0 Å². The second-order valence-electron chi connectivity index (χ2n) is 5.03. The number of rotatable bonds is 8. The minimum atomic E-state index is -4.39. The maximum Gasteiger partial charge on any atom is 0.416 e. The minimum Gasteiger partial charge on any atom is -0.491 e. The lowest BCUT2D eigenvalue weighted by Gasteiger charge is -2.10. The van der Waals surface area contributed by atoms with Gasteiger partial charge in [-0.15, -0.1) is 0 Å². The number of H-pyrrole nitrogens is 1. The standard InChI is InChI=1S/C16H17F3N2O3S/c1-11-9-14(22)21-15(20-11)25-8-7-23-5-6-24-13-4-2-3-12(10-13)16(17,18)19/h2-4,9-10H,5-8H2,1H3,(H,20,21,22). The highest BCUT2D eigenvalue weighted by molar-refractivity contribution is 7.99. The number of nitrogens with one attached hydrogen (secondary N) is 1. The molecule has 0 saturated carbocycles. The predicted molar refractivity (Wildman–Crippen MR) is 88.1 cm³/mol. The number of thioether (sulfide) groups is 1. The maximum absolute atomic E-state index is 12.6. The summed E-state index contributed by atoms with van der Waals surface area (Å²) in [6.45, 7) is 2.52. The van der Waals surface area contributed by atoms with Crippen LogP contribution in [-0.4, -0.2) is 35.5 Å². The van der Waals surface area contributed by atoms with Gasteiger partial charge < -0.3 is 14.5 Å². The van der Waals surface area contributed by atoms with Crippen LogP contribution < -0.4 is 10.3 Å². The fourth-order valence-electron chi connectivity index (χ4n) is 1.90. The highest BCUT2D eigenvalue weighted by atomic mass is 32.2. The van der Waals surface area contributed by atoms with Crippen LogP contribution in [0.3, 0.4) is 0 Å². The molecule has 0 radical (unpaired) electrons. The number of nitrogens with zero attached hydrogens (tertiary/aromatic N) is 1. The van der Waals surface area contributed by atoms with E-state index in [-0.39, 0.29) is 24.5 Å². The molecule has 136 valence electrons. The lowest BCUT2D eigenvalue weighted by molar-refractivity contribution is -0.137. The van der Waals surface area contributed by atoms with Gasteiger partial charge in [-0.25, -0.2) is 4.98 Å². The van der Waals surface area contributed by atoms with Crippen molar-refractivity contribution in [3.8, 4) is 5.75 Å². The molecule has 0 aliphatic heterocycles. The number of aromatic amines is 1.